The minimum atomic E-state index is -0.531. The lowest BCUT2D eigenvalue weighted by Gasteiger charge is -2.17. The van der Waals surface area contributed by atoms with Crippen LogP contribution in [0.15, 0.2) is 54.6 Å². The quantitative estimate of drug-likeness (QED) is 0.817. The fraction of sp³-hybridized carbons (Fsp3) is 0.286. The van der Waals surface area contributed by atoms with Crippen LogP contribution in [0.25, 0.3) is 0 Å². The molecule has 3 rings (SSSR count). The van der Waals surface area contributed by atoms with Crippen LogP contribution in [0.2, 0.25) is 0 Å². The number of carbonyl (C=O) groups is 3. The van der Waals surface area contributed by atoms with E-state index in [0.29, 0.717) is 25.1 Å². The summed E-state index contributed by atoms with van der Waals surface area (Å²) in [6.07, 6.45) is 0.573. The topological polar surface area (TPSA) is 78.5 Å². The Balaban J connectivity index is 1.48. The molecule has 0 saturated carbocycles. The van der Waals surface area contributed by atoms with Gasteiger partial charge in [0.15, 0.2) is 0 Å². The highest BCUT2D eigenvalue weighted by molar-refractivity contribution is 5.98. The highest BCUT2D eigenvalue weighted by Gasteiger charge is 2.32. The summed E-state index contributed by atoms with van der Waals surface area (Å²) in [6.45, 7) is 2.83. The number of carbonyl (C=O) groups excluding carboxylic acids is 3. The van der Waals surface area contributed by atoms with E-state index in [1.807, 2.05) is 49.4 Å². The second-order valence-electron chi connectivity index (χ2n) is 6.65. The molecule has 27 heavy (non-hydrogen) atoms. The van der Waals surface area contributed by atoms with Gasteiger partial charge in [-0.05, 0) is 30.5 Å². The van der Waals surface area contributed by atoms with Crippen LogP contribution in [-0.2, 0) is 16.1 Å². The molecule has 1 unspecified atom stereocenters. The smallest absolute Gasteiger partial charge is 0.251 e. The highest BCUT2D eigenvalue weighted by Crippen LogP contribution is 2.15. The van der Waals surface area contributed by atoms with Crippen molar-refractivity contribution in [2.45, 2.75) is 25.9 Å². The van der Waals surface area contributed by atoms with Crippen LogP contribution in [0.1, 0.15) is 27.9 Å². The van der Waals surface area contributed by atoms with Crippen LogP contribution in [0.3, 0.4) is 0 Å². The summed E-state index contributed by atoms with van der Waals surface area (Å²) in [6, 6.07) is 16.4. The van der Waals surface area contributed by atoms with Crippen molar-refractivity contribution in [3.05, 3.63) is 71.3 Å². The van der Waals surface area contributed by atoms with Crippen LogP contribution < -0.4 is 10.6 Å². The monoisotopic (exact) mass is 365 g/mol. The third kappa shape index (κ3) is 4.73. The molecular weight excluding hydrogens is 342 g/mol. The van der Waals surface area contributed by atoms with Gasteiger partial charge in [-0.2, -0.15) is 0 Å². The van der Waals surface area contributed by atoms with Gasteiger partial charge < -0.3 is 15.5 Å². The maximum Gasteiger partial charge on any atom is 0.251 e. The number of nitrogens with one attached hydrogen (secondary N) is 2. The second kappa shape index (κ2) is 8.49. The zero-order chi connectivity index (χ0) is 19.2. The molecule has 0 bridgehead atoms. The lowest BCUT2D eigenvalue weighted by atomic mass is 10.1. The number of amides is 3. The molecule has 1 aliphatic rings. The van der Waals surface area contributed by atoms with E-state index in [1.54, 1.807) is 17.0 Å². The number of hydrogen-bond donors (Lipinski definition) is 2. The Kier molecular flexibility index (Phi) is 5.86. The summed E-state index contributed by atoms with van der Waals surface area (Å²) in [5.74, 6) is -0.749. The predicted molar refractivity (Wildman–Crippen MR) is 102 cm³/mol. The molecule has 6 heteroatoms. The summed E-state index contributed by atoms with van der Waals surface area (Å²) >= 11 is 0. The van der Waals surface area contributed by atoms with Crippen LogP contribution in [0.5, 0.6) is 0 Å². The van der Waals surface area contributed by atoms with Crippen molar-refractivity contribution in [1.82, 2.24) is 15.5 Å². The highest BCUT2D eigenvalue weighted by atomic mass is 16.2. The van der Waals surface area contributed by atoms with Gasteiger partial charge in [0.2, 0.25) is 11.8 Å². The number of benzene rings is 2. The van der Waals surface area contributed by atoms with Crippen molar-refractivity contribution in [2.24, 2.45) is 0 Å². The van der Waals surface area contributed by atoms with Gasteiger partial charge >= 0.3 is 0 Å². The van der Waals surface area contributed by atoms with E-state index in [0.717, 1.165) is 11.1 Å². The molecule has 0 spiro atoms. The van der Waals surface area contributed by atoms with Gasteiger partial charge in [0.1, 0.15) is 6.04 Å². The van der Waals surface area contributed by atoms with E-state index in [4.69, 9.17) is 0 Å². The Morgan fingerprint density at radius 1 is 1.07 bits per heavy atom. The lowest BCUT2D eigenvalue weighted by molar-refractivity contribution is -0.132. The molecule has 1 atom stereocenters. The Morgan fingerprint density at radius 2 is 1.78 bits per heavy atom. The van der Waals surface area contributed by atoms with Gasteiger partial charge in [0, 0.05) is 18.7 Å². The van der Waals surface area contributed by atoms with E-state index in [-0.39, 0.29) is 24.3 Å². The second-order valence-corrected chi connectivity index (χ2v) is 6.65. The van der Waals surface area contributed by atoms with E-state index >= 15 is 0 Å². The molecule has 2 N–H and O–H groups in total. The Hall–Kier alpha value is -3.15. The lowest BCUT2D eigenvalue weighted by Crippen LogP contribution is -2.45. The molecule has 0 aliphatic carbocycles. The maximum atomic E-state index is 12.5. The third-order valence-corrected chi connectivity index (χ3v) is 4.65. The summed E-state index contributed by atoms with van der Waals surface area (Å²) in [4.78, 5) is 38.5. The first-order valence-corrected chi connectivity index (χ1v) is 9.00. The number of rotatable bonds is 6. The third-order valence-electron chi connectivity index (χ3n) is 4.65. The maximum absolute atomic E-state index is 12.5. The molecule has 0 radical (unpaired) electrons. The fourth-order valence-electron chi connectivity index (χ4n) is 3.16. The molecule has 1 fully saturated rings. The average Bonchev–Trinajstić information content (AvgIpc) is 3.01. The molecule has 3 amide bonds. The molecule has 2 aromatic rings. The first-order valence-electron chi connectivity index (χ1n) is 9.00. The largest absolute Gasteiger partial charge is 0.343 e. The van der Waals surface area contributed by atoms with Crippen molar-refractivity contribution in [3.63, 3.8) is 0 Å². The van der Waals surface area contributed by atoms with Crippen molar-refractivity contribution in [2.75, 3.05) is 13.1 Å². The number of hydrogen-bond acceptors (Lipinski definition) is 3. The Labute approximate surface area is 158 Å². The van der Waals surface area contributed by atoms with E-state index in [2.05, 4.69) is 10.6 Å². The van der Waals surface area contributed by atoms with Crippen molar-refractivity contribution >= 4 is 17.7 Å². The normalized spacial score (nSPS) is 16.3. The van der Waals surface area contributed by atoms with Crippen LogP contribution in [0.4, 0.5) is 0 Å². The summed E-state index contributed by atoms with van der Waals surface area (Å²) < 4.78 is 0. The number of nitrogens with zero attached hydrogens (tertiary/aromatic N) is 1. The predicted octanol–water partition coefficient (Wildman–Crippen LogP) is 1.64. The zero-order valence-corrected chi connectivity index (χ0v) is 15.3. The minimum absolute atomic E-state index is 0.0857. The van der Waals surface area contributed by atoms with Gasteiger partial charge in [-0.25, -0.2) is 0 Å². The first kappa shape index (κ1) is 18.6. The van der Waals surface area contributed by atoms with Crippen molar-refractivity contribution in [1.29, 1.82) is 0 Å². The van der Waals surface area contributed by atoms with Crippen molar-refractivity contribution in [3.8, 4) is 0 Å². The SMILES string of the molecule is Cc1ccccc1C(=O)NCC(=O)NC1CCN(Cc2ccccc2)C1=O. The standard InChI is InChI=1S/C21H23N3O3/c1-15-7-5-6-10-17(15)20(26)22-13-19(25)23-18-11-12-24(21(18)27)14-16-8-3-2-4-9-16/h2-10,18H,11-14H2,1H3,(H,22,26)(H,23,25). The van der Waals surface area contributed by atoms with Gasteiger partial charge in [-0.15, -0.1) is 0 Å². The molecule has 1 saturated heterocycles. The molecule has 1 aliphatic heterocycles. The van der Waals surface area contributed by atoms with Gasteiger partial charge in [-0.3, -0.25) is 14.4 Å². The van der Waals surface area contributed by atoms with Crippen LogP contribution in [0, 0.1) is 6.92 Å². The van der Waals surface area contributed by atoms with E-state index in [9.17, 15) is 14.4 Å². The fourth-order valence-corrected chi connectivity index (χ4v) is 3.16. The van der Waals surface area contributed by atoms with E-state index < -0.39 is 6.04 Å². The van der Waals surface area contributed by atoms with Gasteiger partial charge in [0.25, 0.3) is 5.91 Å². The summed E-state index contributed by atoms with van der Waals surface area (Å²) in [5.41, 5.74) is 2.44. The molecule has 1 heterocycles. The van der Waals surface area contributed by atoms with E-state index in [1.165, 1.54) is 0 Å². The summed E-state index contributed by atoms with van der Waals surface area (Å²) in [5, 5.41) is 5.32. The van der Waals surface area contributed by atoms with Crippen LogP contribution in [-0.4, -0.2) is 41.8 Å². The molecule has 140 valence electrons. The average molecular weight is 365 g/mol. The number of likely N-dealkylation sites (tertiary alicyclic amines) is 1. The number of aryl methyl sites for hydroxylation is 1. The minimum Gasteiger partial charge on any atom is -0.343 e. The molecule has 2 aromatic carbocycles. The zero-order valence-electron chi connectivity index (χ0n) is 15.3. The Bertz CT molecular complexity index is 836. The van der Waals surface area contributed by atoms with Crippen molar-refractivity contribution < 1.29 is 14.4 Å². The van der Waals surface area contributed by atoms with Gasteiger partial charge in [-0.1, -0.05) is 48.5 Å². The first-order chi connectivity index (χ1) is 13.0. The summed E-state index contributed by atoms with van der Waals surface area (Å²) in [7, 11) is 0. The molecule has 6 nitrogen and oxygen atoms in total. The Morgan fingerprint density at radius 3 is 2.52 bits per heavy atom. The van der Waals surface area contributed by atoms with Gasteiger partial charge in [0.05, 0.1) is 6.54 Å². The molecule has 0 aromatic heterocycles. The molecular formula is C21H23N3O3. The van der Waals surface area contributed by atoms with Crippen LogP contribution >= 0.6 is 0 Å².